The number of rotatable bonds is 8. The number of nitrogens with one attached hydrogen (secondary N) is 1. The third-order valence-corrected chi connectivity index (χ3v) is 3.19. The molecule has 116 valence electrons. The third-order valence-electron chi connectivity index (χ3n) is 3.19. The van der Waals surface area contributed by atoms with Crippen LogP contribution in [0.3, 0.4) is 0 Å². The molecule has 0 heterocycles. The first-order valence-corrected chi connectivity index (χ1v) is 6.77. The van der Waals surface area contributed by atoms with E-state index in [4.69, 9.17) is 9.84 Å². The van der Waals surface area contributed by atoms with E-state index in [0.717, 1.165) is 0 Å². The van der Waals surface area contributed by atoms with Crippen LogP contribution >= 0.6 is 0 Å². The van der Waals surface area contributed by atoms with Gasteiger partial charge in [0, 0.05) is 18.5 Å². The molecular formula is C15H20FNO4. The number of benzene rings is 1. The predicted molar refractivity (Wildman–Crippen MR) is 75.9 cm³/mol. The summed E-state index contributed by atoms with van der Waals surface area (Å²) in [7, 11) is 1.34. The van der Waals surface area contributed by atoms with Crippen LogP contribution in [0.2, 0.25) is 0 Å². The van der Waals surface area contributed by atoms with Gasteiger partial charge in [-0.05, 0) is 37.0 Å². The topological polar surface area (TPSA) is 75.6 Å². The van der Waals surface area contributed by atoms with Crippen molar-refractivity contribution in [3.8, 4) is 5.75 Å². The fraction of sp³-hybridized carbons (Fsp3) is 0.467. The summed E-state index contributed by atoms with van der Waals surface area (Å²) in [5.74, 6) is -1.40. The fourth-order valence-electron chi connectivity index (χ4n) is 1.85. The van der Waals surface area contributed by atoms with Gasteiger partial charge in [-0.2, -0.15) is 0 Å². The van der Waals surface area contributed by atoms with E-state index < -0.39 is 11.8 Å². The Morgan fingerprint density at radius 1 is 1.38 bits per heavy atom. The number of aliphatic carboxylic acids is 1. The number of ether oxygens (including phenoxy) is 1. The van der Waals surface area contributed by atoms with Crippen molar-refractivity contribution < 1.29 is 23.8 Å². The zero-order chi connectivity index (χ0) is 15.8. The molecule has 0 aromatic heterocycles. The van der Waals surface area contributed by atoms with Gasteiger partial charge in [-0.1, -0.05) is 6.92 Å². The summed E-state index contributed by atoms with van der Waals surface area (Å²) >= 11 is 0. The molecule has 0 spiro atoms. The van der Waals surface area contributed by atoms with Crippen LogP contribution in [0.15, 0.2) is 18.2 Å². The van der Waals surface area contributed by atoms with Crippen LogP contribution in [0.5, 0.6) is 5.75 Å². The number of halogens is 1. The molecule has 0 saturated heterocycles. The maximum Gasteiger partial charge on any atom is 0.303 e. The van der Waals surface area contributed by atoms with Crippen molar-refractivity contribution in [2.45, 2.75) is 26.2 Å². The zero-order valence-corrected chi connectivity index (χ0v) is 12.2. The standard InChI is InChI=1S/C15H20FNO4/c1-10(3-6-14(18)19)7-8-17-15(20)11-4-5-12(16)13(9-11)21-2/h4-5,9-10H,3,6-8H2,1-2H3,(H,17,20)(H,18,19). The van der Waals surface area contributed by atoms with E-state index in [9.17, 15) is 14.0 Å². The molecular weight excluding hydrogens is 277 g/mol. The maximum absolute atomic E-state index is 13.2. The van der Waals surface area contributed by atoms with E-state index in [1.807, 2.05) is 6.92 Å². The number of carbonyl (C=O) groups is 2. The van der Waals surface area contributed by atoms with Crippen LogP contribution in [0.4, 0.5) is 4.39 Å². The number of hydrogen-bond donors (Lipinski definition) is 2. The summed E-state index contributed by atoms with van der Waals surface area (Å²) in [6.45, 7) is 2.38. The Morgan fingerprint density at radius 2 is 2.10 bits per heavy atom. The Bertz CT molecular complexity index is 504. The molecule has 6 heteroatoms. The average molecular weight is 297 g/mol. The molecule has 0 bridgehead atoms. The van der Waals surface area contributed by atoms with Crippen molar-refractivity contribution in [3.63, 3.8) is 0 Å². The Balaban J connectivity index is 2.42. The lowest BCUT2D eigenvalue weighted by Crippen LogP contribution is -2.25. The maximum atomic E-state index is 13.2. The highest BCUT2D eigenvalue weighted by molar-refractivity contribution is 5.94. The van der Waals surface area contributed by atoms with Crippen molar-refractivity contribution in [2.75, 3.05) is 13.7 Å². The van der Waals surface area contributed by atoms with E-state index in [1.165, 1.54) is 25.3 Å². The van der Waals surface area contributed by atoms with E-state index in [1.54, 1.807) is 0 Å². The summed E-state index contributed by atoms with van der Waals surface area (Å²) in [6, 6.07) is 3.92. The van der Waals surface area contributed by atoms with Crippen molar-refractivity contribution in [2.24, 2.45) is 5.92 Å². The molecule has 1 amide bonds. The Hall–Kier alpha value is -2.11. The van der Waals surface area contributed by atoms with Gasteiger partial charge in [-0.3, -0.25) is 9.59 Å². The second kappa shape index (κ2) is 8.24. The number of methoxy groups -OCH3 is 1. The van der Waals surface area contributed by atoms with Gasteiger partial charge < -0.3 is 15.2 Å². The lowest BCUT2D eigenvalue weighted by molar-refractivity contribution is -0.137. The summed E-state index contributed by atoms with van der Waals surface area (Å²) < 4.78 is 18.1. The fourth-order valence-corrected chi connectivity index (χ4v) is 1.85. The van der Waals surface area contributed by atoms with Crippen molar-refractivity contribution in [1.82, 2.24) is 5.32 Å². The van der Waals surface area contributed by atoms with Gasteiger partial charge in [0.25, 0.3) is 5.91 Å². The van der Waals surface area contributed by atoms with E-state index >= 15 is 0 Å². The van der Waals surface area contributed by atoms with E-state index in [2.05, 4.69) is 5.32 Å². The number of carboxylic acids is 1. The first kappa shape index (κ1) is 16.9. The third kappa shape index (κ3) is 5.81. The smallest absolute Gasteiger partial charge is 0.303 e. The molecule has 0 aliphatic rings. The first-order valence-electron chi connectivity index (χ1n) is 6.77. The first-order chi connectivity index (χ1) is 9.93. The molecule has 1 rings (SSSR count). The van der Waals surface area contributed by atoms with Gasteiger partial charge in [-0.15, -0.1) is 0 Å². The molecule has 1 aromatic carbocycles. The number of carbonyl (C=O) groups excluding carboxylic acids is 1. The molecule has 21 heavy (non-hydrogen) atoms. The molecule has 2 N–H and O–H groups in total. The van der Waals surface area contributed by atoms with Crippen LogP contribution in [0.25, 0.3) is 0 Å². The lowest BCUT2D eigenvalue weighted by atomic mass is 10.0. The monoisotopic (exact) mass is 297 g/mol. The summed E-state index contributed by atoms with van der Waals surface area (Å²) in [5, 5.41) is 11.3. The predicted octanol–water partition coefficient (Wildman–Crippen LogP) is 2.46. The summed E-state index contributed by atoms with van der Waals surface area (Å²) in [5.41, 5.74) is 0.325. The van der Waals surface area contributed by atoms with Gasteiger partial charge in [0.05, 0.1) is 7.11 Å². The van der Waals surface area contributed by atoms with Gasteiger partial charge >= 0.3 is 5.97 Å². The second-order valence-electron chi connectivity index (χ2n) is 4.93. The van der Waals surface area contributed by atoms with Crippen molar-refractivity contribution in [1.29, 1.82) is 0 Å². The minimum absolute atomic E-state index is 0.0254. The average Bonchev–Trinajstić information content (AvgIpc) is 2.45. The SMILES string of the molecule is COc1cc(C(=O)NCCC(C)CCC(=O)O)ccc1F. The van der Waals surface area contributed by atoms with Crippen LogP contribution in [-0.4, -0.2) is 30.6 Å². The van der Waals surface area contributed by atoms with Gasteiger partial charge in [-0.25, -0.2) is 4.39 Å². The van der Waals surface area contributed by atoms with E-state index in [0.29, 0.717) is 24.9 Å². The minimum Gasteiger partial charge on any atom is -0.494 e. The molecule has 0 saturated carbocycles. The van der Waals surface area contributed by atoms with Crippen LogP contribution in [-0.2, 0) is 4.79 Å². The molecule has 5 nitrogen and oxygen atoms in total. The number of hydrogen-bond acceptors (Lipinski definition) is 3. The van der Waals surface area contributed by atoms with Gasteiger partial charge in [0.15, 0.2) is 11.6 Å². The highest BCUT2D eigenvalue weighted by atomic mass is 19.1. The van der Waals surface area contributed by atoms with Gasteiger partial charge in [0.2, 0.25) is 0 Å². The molecule has 1 aromatic rings. The molecule has 0 aliphatic carbocycles. The molecule has 0 fully saturated rings. The summed E-state index contributed by atoms with van der Waals surface area (Å²) in [6.07, 6.45) is 1.40. The highest BCUT2D eigenvalue weighted by Crippen LogP contribution is 2.18. The Morgan fingerprint density at radius 3 is 2.71 bits per heavy atom. The number of carboxylic acid groups (broad SMARTS) is 1. The normalized spacial score (nSPS) is 11.8. The minimum atomic E-state index is -0.815. The van der Waals surface area contributed by atoms with Crippen molar-refractivity contribution in [3.05, 3.63) is 29.6 Å². The largest absolute Gasteiger partial charge is 0.494 e. The quantitative estimate of drug-likeness (QED) is 0.773. The highest BCUT2D eigenvalue weighted by Gasteiger charge is 2.11. The molecule has 1 atom stereocenters. The van der Waals surface area contributed by atoms with E-state index in [-0.39, 0.29) is 24.0 Å². The Labute approximate surface area is 123 Å². The number of amides is 1. The lowest BCUT2D eigenvalue weighted by Gasteiger charge is -2.11. The second-order valence-corrected chi connectivity index (χ2v) is 4.93. The van der Waals surface area contributed by atoms with Crippen LogP contribution in [0.1, 0.15) is 36.5 Å². The Kier molecular flexibility index (Phi) is 6.65. The summed E-state index contributed by atoms with van der Waals surface area (Å²) in [4.78, 5) is 22.3. The van der Waals surface area contributed by atoms with Crippen molar-refractivity contribution >= 4 is 11.9 Å². The molecule has 0 aliphatic heterocycles. The molecule has 1 unspecified atom stereocenters. The molecule has 0 radical (unpaired) electrons. The van der Waals surface area contributed by atoms with Gasteiger partial charge in [0.1, 0.15) is 0 Å². The van der Waals surface area contributed by atoms with Crippen LogP contribution < -0.4 is 10.1 Å². The zero-order valence-electron chi connectivity index (χ0n) is 12.2. The van der Waals surface area contributed by atoms with Crippen LogP contribution in [0, 0.1) is 11.7 Å².